The van der Waals surface area contributed by atoms with Gasteiger partial charge in [-0.1, -0.05) is 19.2 Å². The molecule has 0 radical (unpaired) electrons. The molecule has 0 aromatic heterocycles. The molecule has 1 rings (SSSR count). The van der Waals surface area contributed by atoms with Gasteiger partial charge in [-0.15, -0.1) is 0 Å². The van der Waals surface area contributed by atoms with Crippen LogP contribution in [0, 0.1) is 0 Å². The van der Waals surface area contributed by atoms with E-state index >= 15 is 0 Å². The minimum atomic E-state index is 0.812. The first-order valence-corrected chi connectivity index (χ1v) is 3.90. The van der Waals surface area contributed by atoms with Gasteiger partial charge in [0, 0.05) is 0 Å². The number of rotatable bonds is 1. The van der Waals surface area contributed by atoms with Crippen LogP contribution in [-0.4, -0.2) is 6.61 Å². The molecule has 1 nitrogen and oxygen atoms in total. The smallest absolute Gasteiger partial charge is 0.115 e. The minimum absolute atomic E-state index is 0.812. The molecule has 1 saturated heterocycles. The summed E-state index contributed by atoms with van der Waals surface area (Å²) in [6.07, 6.45) is 4.03. The molecule has 0 atom stereocenters. The maximum absolute atomic E-state index is 5.31. The highest BCUT2D eigenvalue weighted by atomic mass is 16.5. The first-order valence-electron chi connectivity index (χ1n) is 3.90. The SMILES string of the molecule is C=C/C(C)=C1/CCCOC1=C. The molecule has 0 spiro atoms. The lowest BCUT2D eigenvalue weighted by Gasteiger charge is -2.19. The largest absolute Gasteiger partial charge is 0.494 e. The molecule has 0 bridgehead atoms. The quantitative estimate of drug-likeness (QED) is 0.558. The summed E-state index contributed by atoms with van der Waals surface area (Å²) in [5, 5.41) is 0. The molecule has 0 aliphatic carbocycles. The number of hydrogen-bond donors (Lipinski definition) is 0. The fourth-order valence-electron chi connectivity index (χ4n) is 1.21. The normalized spacial score (nSPS) is 22.5. The molecular weight excluding hydrogens is 136 g/mol. The van der Waals surface area contributed by atoms with E-state index in [1.54, 1.807) is 0 Å². The third-order valence-corrected chi connectivity index (χ3v) is 1.97. The third kappa shape index (κ3) is 1.73. The average Bonchev–Trinajstić information content (AvgIpc) is 2.04. The summed E-state index contributed by atoms with van der Waals surface area (Å²) in [4.78, 5) is 0. The molecule has 0 amide bonds. The second-order valence-electron chi connectivity index (χ2n) is 2.74. The van der Waals surface area contributed by atoms with Gasteiger partial charge < -0.3 is 4.74 Å². The summed E-state index contributed by atoms with van der Waals surface area (Å²) in [6, 6.07) is 0. The Balaban J connectivity index is 2.83. The lowest BCUT2D eigenvalue weighted by Crippen LogP contribution is -2.06. The van der Waals surface area contributed by atoms with Crippen LogP contribution in [0.1, 0.15) is 19.8 Å². The number of hydrogen-bond acceptors (Lipinski definition) is 1. The fourth-order valence-corrected chi connectivity index (χ4v) is 1.21. The highest BCUT2D eigenvalue weighted by Gasteiger charge is 2.11. The van der Waals surface area contributed by atoms with E-state index in [0.29, 0.717) is 0 Å². The van der Waals surface area contributed by atoms with Crippen molar-refractivity contribution in [3.8, 4) is 0 Å². The summed E-state index contributed by atoms with van der Waals surface area (Å²) in [5.74, 6) is 0.827. The van der Waals surface area contributed by atoms with Crippen LogP contribution in [0.3, 0.4) is 0 Å². The second kappa shape index (κ2) is 3.42. The molecule has 1 aliphatic rings. The molecule has 1 heteroatoms. The van der Waals surface area contributed by atoms with Gasteiger partial charge in [0.2, 0.25) is 0 Å². The Kier molecular flexibility index (Phi) is 2.53. The Morgan fingerprint density at radius 3 is 2.91 bits per heavy atom. The summed E-state index contributed by atoms with van der Waals surface area (Å²) in [6.45, 7) is 10.4. The standard InChI is InChI=1S/C10H14O/c1-4-8(2)10-6-5-7-11-9(10)3/h4H,1,3,5-7H2,2H3/b10-8-. The van der Waals surface area contributed by atoms with Crippen LogP contribution in [0.15, 0.2) is 36.1 Å². The molecule has 11 heavy (non-hydrogen) atoms. The molecule has 1 fully saturated rings. The number of allylic oxidation sites excluding steroid dienone is 3. The molecule has 60 valence electrons. The molecule has 0 saturated carbocycles. The van der Waals surface area contributed by atoms with Crippen molar-refractivity contribution in [3.05, 3.63) is 36.1 Å². The van der Waals surface area contributed by atoms with Crippen molar-refractivity contribution in [3.63, 3.8) is 0 Å². The minimum Gasteiger partial charge on any atom is -0.494 e. The van der Waals surface area contributed by atoms with Crippen molar-refractivity contribution in [2.75, 3.05) is 6.61 Å². The van der Waals surface area contributed by atoms with Gasteiger partial charge in [-0.05, 0) is 30.9 Å². The van der Waals surface area contributed by atoms with Crippen molar-refractivity contribution in [2.24, 2.45) is 0 Å². The van der Waals surface area contributed by atoms with E-state index in [0.717, 1.165) is 25.2 Å². The van der Waals surface area contributed by atoms with Gasteiger partial charge in [0.25, 0.3) is 0 Å². The van der Waals surface area contributed by atoms with Crippen LogP contribution in [0.4, 0.5) is 0 Å². The lowest BCUT2D eigenvalue weighted by atomic mass is 10.0. The van der Waals surface area contributed by atoms with Crippen molar-refractivity contribution < 1.29 is 4.74 Å². The summed E-state index contributed by atoms with van der Waals surface area (Å²) < 4.78 is 5.31. The van der Waals surface area contributed by atoms with Crippen LogP contribution in [0.25, 0.3) is 0 Å². The fraction of sp³-hybridized carbons (Fsp3) is 0.400. The molecule has 0 unspecified atom stereocenters. The zero-order chi connectivity index (χ0) is 8.27. The van der Waals surface area contributed by atoms with E-state index in [1.807, 2.05) is 13.0 Å². The predicted molar refractivity (Wildman–Crippen MR) is 47.2 cm³/mol. The van der Waals surface area contributed by atoms with E-state index in [9.17, 15) is 0 Å². The van der Waals surface area contributed by atoms with Crippen molar-refractivity contribution in [1.29, 1.82) is 0 Å². The lowest BCUT2D eigenvalue weighted by molar-refractivity contribution is 0.195. The summed E-state index contributed by atoms with van der Waals surface area (Å²) in [5.41, 5.74) is 2.42. The van der Waals surface area contributed by atoms with E-state index in [4.69, 9.17) is 4.74 Å². The highest BCUT2D eigenvalue weighted by molar-refractivity contribution is 5.34. The van der Waals surface area contributed by atoms with E-state index in [1.165, 1.54) is 11.1 Å². The summed E-state index contributed by atoms with van der Waals surface area (Å²) in [7, 11) is 0. The van der Waals surface area contributed by atoms with Gasteiger partial charge in [-0.2, -0.15) is 0 Å². The maximum atomic E-state index is 5.31. The molecule has 0 aromatic rings. The van der Waals surface area contributed by atoms with Crippen molar-refractivity contribution in [1.82, 2.24) is 0 Å². The highest BCUT2D eigenvalue weighted by Crippen LogP contribution is 2.25. The van der Waals surface area contributed by atoms with E-state index < -0.39 is 0 Å². The topological polar surface area (TPSA) is 9.23 Å². The van der Waals surface area contributed by atoms with Gasteiger partial charge in [0.1, 0.15) is 5.76 Å². The van der Waals surface area contributed by atoms with Gasteiger partial charge in [0.05, 0.1) is 6.61 Å². The third-order valence-electron chi connectivity index (χ3n) is 1.97. The molecule has 0 N–H and O–H groups in total. The van der Waals surface area contributed by atoms with Crippen LogP contribution >= 0.6 is 0 Å². The monoisotopic (exact) mass is 150 g/mol. The zero-order valence-electron chi connectivity index (χ0n) is 7.02. The van der Waals surface area contributed by atoms with Gasteiger partial charge in [-0.3, -0.25) is 0 Å². The van der Waals surface area contributed by atoms with Crippen LogP contribution in [0.5, 0.6) is 0 Å². The van der Waals surface area contributed by atoms with Gasteiger partial charge in [-0.25, -0.2) is 0 Å². The first kappa shape index (κ1) is 8.12. The van der Waals surface area contributed by atoms with Crippen LogP contribution in [0.2, 0.25) is 0 Å². The van der Waals surface area contributed by atoms with Gasteiger partial charge >= 0.3 is 0 Å². The molecule has 0 aromatic carbocycles. The Morgan fingerprint density at radius 2 is 2.36 bits per heavy atom. The average molecular weight is 150 g/mol. The van der Waals surface area contributed by atoms with E-state index in [-0.39, 0.29) is 0 Å². The van der Waals surface area contributed by atoms with E-state index in [2.05, 4.69) is 13.2 Å². The molecule has 1 aliphatic heterocycles. The first-order chi connectivity index (χ1) is 5.25. The molecule has 1 heterocycles. The second-order valence-corrected chi connectivity index (χ2v) is 2.74. The Bertz CT molecular complexity index is 211. The molecular formula is C10H14O. The van der Waals surface area contributed by atoms with Crippen LogP contribution in [-0.2, 0) is 4.74 Å². The number of ether oxygens (including phenoxy) is 1. The maximum Gasteiger partial charge on any atom is 0.115 e. The summed E-state index contributed by atoms with van der Waals surface area (Å²) >= 11 is 0. The van der Waals surface area contributed by atoms with Crippen molar-refractivity contribution in [2.45, 2.75) is 19.8 Å². The van der Waals surface area contributed by atoms with Gasteiger partial charge in [0.15, 0.2) is 0 Å². The predicted octanol–water partition coefficient (Wildman–Crippen LogP) is 2.81. The Hall–Kier alpha value is -0.980. The zero-order valence-corrected chi connectivity index (χ0v) is 7.02. The van der Waals surface area contributed by atoms with Crippen molar-refractivity contribution >= 4 is 0 Å². The Labute approximate surface area is 68.1 Å². The van der Waals surface area contributed by atoms with Crippen LogP contribution < -0.4 is 0 Å². The Morgan fingerprint density at radius 1 is 1.64 bits per heavy atom.